The Morgan fingerprint density at radius 1 is 1.34 bits per heavy atom. The van der Waals surface area contributed by atoms with Crippen LogP contribution in [0.4, 0.5) is 4.39 Å². The average Bonchev–Trinajstić information content (AvgIpc) is 3.01. The average molecular weight is 457 g/mol. The van der Waals surface area contributed by atoms with E-state index in [1.54, 1.807) is 6.07 Å². The smallest absolute Gasteiger partial charge is 0.427 e. The first-order valence-corrected chi connectivity index (χ1v) is 11.1. The number of carbonyl (C=O) groups excluding carboxylic acids is 2. The number of nitrogens with zero attached hydrogens (tertiary/aromatic N) is 1. The topological polar surface area (TPSA) is 66.8 Å². The second kappa shape index (κ2) is 10.6. The van der Waals surface area contributed by atoms with Gasteiger partial charge in [0, 0.05) is 23.2 Å². The van der Waals surface area contributed by atoms with E-state index in [1.807, 2.05) is 31.2 Å². The summed E-state index contributed by atoms with van der Waals surface area (Å²) < 4.78 is 19.6. The molecule has 32 heavy (non-hydrogen) atoms. The van der Waals surface area contributed by atoms with Crippen molar-refractivity contribution in [3.05, 3.63) is 58.9 Å². The van der Waals surface area contributed by atoms with Crippen LogP contribution in [0.1, 0.15) is 31.7 Å². The van der Waals surface area contributed by atoms with Gasteiger partial charge in [0.15, 0.2) is 0 Å². The lowest BCUT2D eigenvalue weighted by molar-refractivity contribution is -0.134. The van der Waals surface area contributed by atoms with Crippen LogP contribution in [0.3, 0.4) is 0 Å². The fourth-order valence-corrected chi connectivity index (χ4v) is 4.65. The zero-order chi connectivity index (χ0) is 23.3. The molecule has 0 aromatic heterocycles. The third kappa shape index (κ3) is 5.42. The summed E-state index contributed by atoms with van der Waals surface area (Å²) in [6.07, 6.45) is 3.05. The van der Waals surface area contributed by atoms with Crippen molar-refractivity contribution in [1.29, 1.82) is 0 Å². The molecule has 1 heterocycles. The van der Waals surface area contributed by atoms with Crippen molar-refractivity contribution in [3.8, 4) is 11.1 Å². The van der Waals surface area contributed by atoms with Gasteiger partial charge in [0.2, 0.25) is 5.91 Å². The summed E-state index contributed by atoms with van der Waals surface area (Å²) >= 11 is 6.01. The molecular weight excluding hydrogens is 430 g/mol. The minimum Gasteiger partial charge on any atom is -0.427 e. The molecule has 5 nitrogen and oxygen atoms in total. The van der Waals surface area contributed by atoms with Gasteiger partial charge in [0.25, 0.3) is 0 Å². The number of benzene rings is 2. The molecule has 1 N–H and O–H groups in total. The van der Waals surface area contributed by atoms with Crippen molar-refractivity contribution < 1.29 is 23.7 Å². The van der Waals surface area contributed by atoms with E-state index < -0.39 is 12.5 Å². The van der Waals surface area contributed by atoms with Crippen molar-refractivity contribution >= 4 is 38.2 Å². The van der Waals surface area contributed by atoms with Crippen molar-refractivity contribution in [3.63, 3.8) is 0 Å². The van der Waals surface area contributed by atoms with Gasteiger partial charge in [0.05, 0.1) is 5.41 Å². The molecule has 0 saturated carbocycles. The van der Waals surface area contributed by atoms with Gasteiger partial charge >= 0.3 is 14.5 Å². The van der Waals surface area contributed by atoms with Gasteiger partial charge < -0.3 is 19.3 Å². The molecule has 3 rings (SSSR count). The fourth-order valence-electron chi connectivity index (χ4n) is 4.47. The predicted octanol–water partition coefficient (Wildman–Crippen LogP) is 4.01. The molecule has 1 fully saturated rings. The summed E-state index contributed by atoms with van der Waals surface area (Å²) in [5.41, 5.74) is 1.31. The highest BCUT2D eigenvalue weighted by Gasteiger charge is 2.50. The number of amides is 1. The predicted molar refractivity (Wildman–Crippen MR) is 125 cm³/mol. The Labute approximate surface area is 194 Å². The van der Waals surface area contributed by atoms with Crippen molar-refractivity contribution in [2.45, 2.75) is 45.5 Å². The first-order chi connectivity index (χ1) is 15.3. The van der Waals surface area contributed by atoms with Crippen molar-refractivity contribution in [2.75, 3.05) is 6.61 Å². The molecule has 1 amide bonds. The lowest BCUT2D eigenvalue weighted by Gasteiger charge is -2.27. The van der Waals surface area contributed by atoms with E-state index in [1.165, 1.54) is 31.2 Å². The van der Waals surface area contributed by atoms with Crippen LogP contribution in [0.15, 0.2) is 42.5 Å². The molecule has 1 unspecified atom stereocenters. The Bertz CT molecular complexity index is 960. The Kier molecular flexibility index (Phi) is 8.15. The van der Waals surface area contributed by atoms with Gasteiger partial charge in [-0.2, -0.15) is 0 Å². The van der Waals surface area contributed by atoms with Gasteiger partial charge in [-0.05, 0) is 55.4 Å². The second-order valence-electron chi connectivity index (χ2n) is 8.32. The van der Waals surface area contributed by atoms with E-state index in [4.69, 9.17) is 16.3 Å². The summed E-state index contributed by atoms with van der Waals surface area (Å²) in [6.45, 7) is 3.60. The van der Waals surface area contributed by atoms with Gasteiger partial charge in [-0.3, -0.25) is 4.79 Å². The zero-order valence-electron chi connectivity index (χ0n) is 18.3. The Morgan fingerprint density at radius 3 is 2.69 bits per heavy atom. The van der Waals surface area contributed by atoms with Gasteiger partial charge in [0.1, 0.15) is 12.0 Å². The molecule has 1 aliphatic rings. The number of hydrogen-bond acceptors (Lipinski definition) is 4. The van der Waals surface area contributed by atoms with Crippen LogP contribution in [0.2, 0.25) is 11.8 Å². The minimum atomic E-state index is -0.974. The first-order valence-electron chi connectivity index (χ1n) is 10.7. The Balaban J connectivity index is 1.82. The molecule has 9 heteroatoms. The third-order valence-electron chi connectivity index (χ3n) is 5.92. The number of carbonyl (C=O) groups is 2. The Morgan fingerprint density at radius 2 is 2.06 bits per heavy atom. The van der Waals surface area contributed by atoms with Crippen LogP contribution in [-0.4, -0.2) is 49.1 Å². The van der Waals surface area contributed by atoms with Gasteiger partial charge in [-0.1, -0.05) is 49.2 Å². The molecule has 0 aliphatic carbocycles. The normalized spacial score (nSPS) is 20.5. The number of hydrogen-bond donors (Lipinski definition) is 1. The van der Waals surface area contributed by atoms with Crippen LogP contribution >= 0.6 is 11.6 Å². The third-order valence-corrected chi connectivity index (χ3v) is 6.16. The van der Waals surface area contributed by atoms with Crippen molar-refractivity contribution in [2.24, 2.45) is 5.41 Å². The van der Waals surface area contributed by atoms with Gasteiger partial charge in [-0.15, -0.1) is 0 Å². The van der Waals surface area contributed by atoms with Crippen molar-refractivity contribution in [1.82, 2.24) is 4.81 Å². The highest BCUT2D eigenvalue weighted by Crippen LogP contribution is 2.41. The maximum absolute atomic E-state index is 14.2. The number of rotatable bonds is 10. The van der Waals surface area contributed by atoms with Crippen LogP contribution < -0.4 is 0 Å². The summed E-state index contributed by atoms with van der Waals surface area (Å²) in [7, 11) is 0.307. The maximum Gasteiger partial charge on any atom is 0.450 e. The largest absolute Gasteiger partial charge is 0.450 e. The lowest BCUT2D eigenvalue weighted by Crippen LogP contribution is -2.43. The molecule has 167 valence electrons. The summed E-state index contributed by atoms with van der Waals surface area (Å²) in [5, 5.41) is 10.0. The highest BCUT2D eigenvalue weighted by atomic mass is 35.5. The monoisotopic (exact) mass is 456 g/mol. The van der Waals surface area contributed by atoms with E-state index in [0.29, 0.717) is 41.6 Å². The van der Waals surface area contributed by atoms with E-state index in [-0.39, 0.29) is 24.4 Å². The van der Waals surface area contributed by atoms with Gasteiger partial charge in [-0.25, -0.2) is 4.39 Å². The summed E-state index contributed by atoms with van der Waals surface area (Å²) in [4.78, 5) is 26.0. The fraction of sp³-hybridized carbons (Fsp3) is 0.391. The molecule has 1 aliphatic heterocycles. The molecule has 1 saturated heterocycles. The van der Waals surface area contributed by atoms with Crippen LogP contribution in [-0.2, 0) is 20.7 Å². The summed E-state index contributed by atoms with van der Waals surface area (Å²) in [5.74, 6) is -0.507. The second-order valence-corrected chi connectivity index (χ2v) is 8.76. The molecule has 0 spiro atoms. The first kappa shape index (κ1) is 24.5. The molecule has 1 radical (unpaired) electrons. The van der Waals surface area contributed by atoms with E-state index in [0.717, 1.165) is 12.0 Å². The van der Waals surface area contributed by atoms with E-state index in [2.05, 4.69) is 0 Å². The molecule has 0 bridgehead atoms. The molecule has 2 aromatic rings. The zero-order valence-corrected chi connectivity index (χ0v) is 19.0. The highest BCUT2D eigenvalue weighted by molar-refractivity contribution is 6.66. The molecule has 2 aromatic carbocycles. The molecule has 2 atom stereocenters. The van der Waals surface area contributed by atoms with E-state index in [9.17, 15) is 19.0 Å². The molecular formula is C23H26B2ClFNO4. The van der Waals surface area contributed by atoms with Crippen LogP contribution in [0, 0.1) is 11.2 Å². The quantitative estimate of drug-likeness (QED) is 0.433. The summed E-state index contributed by atoms with van der Waals surface area (Å²) in [6, 6.07) is 11.7. The Hall–Kier alpha value is -2.15. The van der Waals surface area contributed by atoms with E-state index >= 15 is 0 Å². The standard InChI is InChI=1S/C23H26B2ClFNO4/c1-3-10-23(14-32-25(2)31)13-19(28(22(23)30)24-15-29)11-16-4-6-17(7-5-16)20-12-18(26)8-9-21(20)27/h4-9,12,15,19,31H,3,10-11,13-14H2,1-2H3/t19-,23?/m1/s1. The van der Waals surface area contributed by atoms with Crippen LogP contribution in [0.25, 0.3) is 11.1 Å². The SMILES string of the molecule is CCCC1(COB(C)O)C[C@@H](Cc2ccc(-c3cc(Cl)ccc3F)cc2)N([B]C=O)C1=O. The number of halogens is 2. The minimum absolute atomic E-state index is 0.101. The van der Waals surface area contributed by atoms with Crippen LogP contribution in [0.5, 0.6) is 0 Å². The lowest BCUT2D eigenvalue weighted by atomic mass is 9.79. The maximum atomic E-state index is 14.2.